The summed E-state index contributed by atoms with van der Waals surface area (Å²) in [6, 6.07) is 0. The maximum atomic E-state index is 9.06. The molecule has 0 spiro atoms. The van der Waals surface area contributed by atoms with E-state index in [1.807, 2.05) is 13.6 Å². The van der Waals surface area contributed by atoms with Gasteiger partial charge in [-0.15, -0.1) is 12.4 Å². The van der Waals surface area contributed by atoms with Crippen molar-refractivity contribution < 1.29 is 19.2 Å². The normalized spacial score (nSPS) is 3.60. The molecule has 0 aromatic rings. The first-order chi connectivity index (χ1) is 4.41. The van der Waals surface area contributed by atoms with E-state index in [1.165, 1.54) is 0 Å². The minimum absolute atomic E-state index is 0. The molecule has 0 bridgehead atoms. The Morgan fingerprint density at radius 2 is 1.10 bits per heavy atom. The van der Waals surface area contributed by atoms with Crippen LogP contribution in [0.5, 0.6) is 0 Å². The number of hydrogen-bond acceptors (Lipinski definition) is 4. The van der Waals surface area contributed by atoms with Gasteiger partial charge in [-0.3, -0.25) is 9.59 Å². The highest BCUT2D eigenvalue weighted by atomic mass is 35.5. The van der Waals surface area contributed by atoms with Crippen molar-refractivity contribution >= 4 is 38.8 Å². The molecule has 0 unspecified atom stereocenters. The second-order valence-corrected chi connectivity index (χ2v) is 0.402. The first-order valence-electron chi connectivity index (χ1n) is 1.63. The van der Waals surface area contributed by atoms with Crippen LogP contribution in [0.1, 0.15) is 0 Å². The van der Waals surface area contributed by atoms with Crippen LogP contribution in [0.3, 0.4) is 0 Å². The van der Waals surface area contributed by atoms with Crippen molar-refractivity contribution in [3.05, 3.63) is 0 Å². The second kappa shape index (κ2) is 114. The maximum Gasteiger partial charge on any atom is 0.213 e. The zero-order valence-corrected chi connectivity index (χ0v) is 5.93. The third kappa shape index (κ3) is 380. The Morgan fingerprint density at radius 1 is 0.900 bits per heavy atom. The lowest BCUT2D eigenvalue weighted by Crippen LogP contribution is -2.04. The van der Waals surface area contributed by atoms with Gasteiger partial charge in [-0.25, -0.2) is 0 Å². The van der Waals surface area contributed by atoms with Gasteiger partial charge in [0.05, 0.1) is 0 Å². The molecule has 0 saturated heterocycles. The lowest BCUT2D eigenvalue weighted by atomic mass is 11.2. The highest BCUT2D eigenvalue weighted by Gasteiger charge is 1.56. The summed E-state index contributed by atoms with van der Waals surface area (Å²) >= 11 is 0. The van der Waals surface area contributed by atoms with Crippen molar-refractivity contribution in [1.29, 1.82) is 0 Å². The maximum absolute atomic E-state index is 9.06. The zero-order chi connectivity index (χ0) is 8.12. The van der Waals surface area contributed by atoms with E-state index >= 15 is 0 Å². The van der Waals surface area contributed by atoms with Gasteiger partial charge in [-0.1, -0.05) is 0 Å². The lowest BCUT2D eigenvalue weighted by Gasteiger charge is -1.64. The lowest BCUT2D eigenvalue weighted by molar-refractivity contribution is -0.117. The summed E-state index contributed by atoms with van der Waals surface area (Å²) in [7, 11) is 0. The van der Waals surface area contributed by atoms with E-state index < -0.39 is 0 Å². The number of imide groups is 1. The third-order valence-electron chi connectivity index (χ3n) is 0.136. The SMILES string of the molecule is C=O.C=O.Cl.O=CNC=O. The van der Waals surface area contributed by atoms with Crippen molar-refractivity contribution in [2.45, 2.75) is 0 Å². The molecule has 0 rings (SSSR count). The summed E-state index contributed by atoms with van der Waals surface area (Å²) in [5, 5.41) is 1.75. The third-order valence-corrected chi connectivity index (χ3v) is 0.136. The predicted molar refractivity (Wildman–Crippen MR) is 36.8 cm³/mol. The van der Waals surface area contributed by atoms with Gasteiger partial charge in [0, 0.05) is 0 Å². The van der Waals surface area contributed by atoms with Crippen LogP contribution in [0.25, 0.3) is 0 Å². The number of carbonyl (C=O) groups is 4. The van der Waals surface area contributed by atoms with E-state index in [0.717, 1.165) is 0 Å². The average Bonchev–Trinajstić information content (AvgIpc) is 1.98. The van der Waals surface area contributed by atoms with Crippen molar-refractivity contribution in [1.82, 2.24) is 5.32 Å². The number of amides is 2. The van der Waals surface area contributed by atoms with E-state index in [0.29, 0.717) is 12.8 Å². The number of hydrogen-bond donors (Lipinski definition) is 1. The number of rotatable bonds is 2. The van der Waals surface area contributed by atoms with E-state index in [9.17, 15) is 0 Å². The van der Waals surface area contributed by atoms with Gasteiger partial charge in [-0.05, 0) is 0 Å². The Hall–Kier alpha value is -1.23. The van der Waals surface area contributed by atoms with Crippen LogP contribution >= 0.6 is 12.4 Å². The topological polar surface area (TPSA) is 80.3 Å². The van der Waals surface area contributed by atoms with Crippen molar-refractivity contribution in [2.24, 2.45) is 0 Å². The van der Waals surface area contributed by atoms with Crippen LogP contribution in [0.2, 0.25) is 0 Å². The fourth-order valence-electron chi connectivity index (χ4n) is 0.0278. The molecule has 10 heavy (non-hydrogen) atoms. The van der Waals surface area contributed by atoms with Gasteiger partial charge in [0.15, 0.2) is 0 Å². The molecule has 0 aliphatic carbocycles. The molecule has 5 nitrogen and oxygen atoms in total. The highest BCUT2D eigenvalue weighted by molar-refractivity contribution is 5.85. The Bertz CT molecular complexity index is 62.3. The molecule has 0 atom stereocenters. The molecule has 0 heterocycles. The summed E-state index contributed by atoms with van der Waals surface area (Å²) in [4.78, 5) is 34.1. The standard InChI is InChI=1S/C2H3NO2.2CH2O.ClH/c4-1-3-2-5;2*1-2;/h1-2H,(H,3,4,5);2*1H2;1H. The molecule has 1 N–H and O–H groups in total. The number of nitrogens with one attached hydrogen (secondary N) is 1. The summed E-state index contributed by atoms with van der Waals surface area (Å²) in [5.41, 5.74) is 0. The molecular formula is C4H8ClNO4. The molecule has 0 radical (unpaired) electrons. The summed E-state index contributed by atoms with van der Waals surface area (Å²) in [6.45, 7) is 4.00. The van der Waals surface area contributed by atoms with Crippen LogP contribution in [-0.2, 0) is 19.2 Å². The first-order valence-corrected chi connectivity index (χ1v) is 1.63. The van der Waals surface area contributed by atoms with Gasteiger partial charge in [0.2, 0.25) is 12.8 Å². The van der Waals surface area contributed by atoms with Crippen LogP contribution in [0.15, 0.2) is 0 Å². The minimum Gasteiger partial charge on any atom is -0.307 e. The largest absolute Gasteiger partial charge is 0.307 e. The monoisotopic (exact) mass is 169 g/mol. The van der Waals surface area contributed by atoms with Gasteiger partial charge in [0.1, 0.15) is 13.6 Å². The van der Waals surface area contributed by atoms with Crippen LogP contribution in [0, 0.1) is 0 Å². The molecule has 6 heteroatoms. The first kappa shape index (κ1) is 23.3. The van der Waals surface area contributed by atoms with E-state index in [-0.39, 0.29) is 12.4 Å². The molecule has 2 amide bonds. The molecule has 0 aromatic heterocycles. The molecule has 60 valence electrons. The highest BCUT2D eigenvalue weighted by Crippen LogP contribution is 1.17. The molecule has 0 aliphatic heterocycles. The smallest absolute Gasteiger partial charge is 0.213 e. The van der Waals surface area contributed by atoms with E-state index in [4.69, 9.17) is 19.2 Å². The van der Waals surface area contributed by atoms with Crippen LogP contribution in [-0.4, -0.2) is 26.4 Å². The molecule has 0 fully saturated rings. The van der Waals surface area contributed by atoms with E-state index in [2.05, 4.69) is 0 Å². The van der Waals surface area contributed by atoms with Gasteiger partial charge < -0.3 is 14.9 Å². The van der Waals surface area contributed by atoms with Gasteiger partial charge >= 0.3 is 0 Å². The summed E-state index contributed by atoms with van der Waals surface area (Å²) in [6.07, 6.45) is 0.625. The second-order valence-electron chi connectivity index (χ2n) is 0.402. The van der Waals surface area contributed by atoms with Crippen molar-refractivity contribution in [3.63, 3.8) is 0 Å². The quantitative estimate of drug-likeness (QED) is 0.535. The number of halogens is 1. The van der Waals surface area contributed by atoms with Gasteiger partial charge in [-0.2, -0.15) is 0 Å². The van der Waals surface area contributed by atoms with Crippen molar-refractivity contribution in [3.8, 4) is 0 Å². The Morgan fingerprint density at radius 3 is 1.10 bits per heavy atom. The van der Waals surface area contributed by atoms with Gasteiger partial charge in [0.25, 0.3) is 0 Å². The van der Waals surface area contributed by atoms with Crippen LogP contribution < -0.4 is 5.32 Å². The fourth-order valence-corrected chi connectivity index (χ4v) is 0.0278. The Balaban J connectivity index is -0.0000000315. The average molecular weight is 170 g/mol. The molecular weight excluding hydrogens is 162 g/mol. The minimum atomic E-state index is 0. The molecule has 0 aliphatic rings. The zero-order valence-electron chi connectivity index (χ0n) is 5.11. The van der Waals surface area contributed by atoms with E-state index in [1.54, 1.807) is 5.32 Å². The van der Waals surface area contributed by atoms with Crippen LogP contribution in [0.4, 0.5) is 0 Å². The Labute approximate surface area is 64.2 Å². The molecule has 0 aromatic carbocycles. The number of carbonyl (C=O) groups excluding carboxylic acids is 4. The molecule has 0 saturated carbocycles. The van der Waals surface area contributed by atoms with Crippen molar-refractivity contribution in [2.75, 3.05) is 0 Å². The summed E-state index contributed by atoms with van der Waals surface area (Å²) in [5.74, 6) is 0. The summed E-state index contributed by atoms with van der Waals surface area (Å²) < 4.78 is 0. The fraction of sp³-hybridized carbons (Fsp3) is 0. The predicted octanol–water partition coefficient (Wildman–Crippen LogP) is -1.06. The Kier molecular flexibility index (Phi) is 265.